The van der Waals surface area contributed by atoms with Crippen molar-refractivity contribution in [3.63, 3.8) is 0 Å². The molecule has 1 aromatic heterocycles. The maximum atomic E-state index is 10.3. The number of carbonyl (C=O) groups is 3. The average molecular weight is 164 g/mol. The van der Waals surface area contributed by atoms with Gasteiger partial charge >= 0.3 is 0 Å². The first-order valence-electron chi connectivity index (χ1n) is 3.04. The number of carbonyl (C=O) groups excluding carboxylic acids is 3. The van der Waals surface area contributed by atoms with Crippen LogP contribution in [0.5, 0.6) is 0 Å². The van der Waals surface area contributed by atoms with Gasteiger partial charge in [-0.15, -0.1) is 0 Å². The summed E-state index contributed by atoms with van der Waals surface area (Å²) >= 11 is 0. The fourth-order valence-electron chi connectivity index (χ4n) is 0.661. The fourth-order valence-corrected chi connectivity index (χ4v) is 0.661. The second-order valence-corrected chi connectivity index (χ2v) is 1.92. The first kappa shape index (κ1) is 8.19. The molecule has 0 N–H and O–H groups in total. The second kappa shape index (κ2) is 3.47. The highest BCUT2D eigenvalue weighted by Crippen LogP contribution is 1.96. The molecule has 0 aliphatic heterocycles. The largest absolute Gasteiger partial charge is 0.296 e. The summed E-state index contributed by atoms with van der Waals surface area (Å²) in [4.78, 5) is 37.8. The predicted octanol–water partition coefficient (Wildman–Crippen LogP) is -0.0859. The molecule has 0 aliphatic rings. The van der Waals surface area contributed by atoms with Crippen LogP contribution in [0.25, 0.3) is 0 Å². The van der Waals surface area contributed by atoms with Gasteiger partial charge in [-0.3, -0.25) is 14.4 Å². The van der Waals surface area contributed by atoms with Crippen LogP contribution in [-0.4, -0.2) is 28.8 Å². The van der Waals surface area contributed by atoms with E-state index < -0.39 is 0 Å². The summed E-state index contributed by atoms with van der Waals surface area (Å²) in [6, 6.07) is 0. The van der Waals surface area contributed by atoms with E-state index in [1.807, 2.05) is 0 Å². The molecule has 0 saturated carbocycles. The molecule has 0 saturated heterocycles. The number of nitrogens with zero attached hydrogens (tertiary/aromatic N) is 2. The van der Waals surface area contributed by atoms with Crippen molar-refractivity contribution in [1.82, 2.24) is 9.97 Å². The third kappa shape index (κ3) is 1.39. The van der Waals surface area contributed by atoms with Crippen molar-refractivity contribution in [3.8, 4) is 0 Å². The highest BCUT2D eigenvalue weighted by atomic mass is 16.1. The summed E-state index contributed by atoms with van der Waals surface area (Å²) in [6.45, 7) is 0. The van der Waals surface area contributed by atoms with Gasteiger partial charge in [-0.2, -0.15) is 0 Å². The summed E-state index contributed by atoms with van der Waals surface area (Å²) in [5, 5.41) is 0. The SMILES string of the molecule is O=Cc1cnc(C=O)c(C=O)n1. The van der Waals surface area contributed by atoms with Gasteiger partial charge in [0.25, 0.3) is 0 Å². The van der Waals surface area contributed by atoms with Crippen LogP contribution < -0.4 is 0 Å². The molecule has 0 atom stereocenters. The highest BCUT2D eigenvalue weighted by molar-refractivity contribution is 5.87. The minimum atomic E-state index is -0.116. The summed E-state index contributed by atoms with van der Waals surface area (Å²) in [7, 11) is 0. The zero-order valence-electron chi connectivity index (χ0n) is 5.93. The van der Waals surface area contributed by atoms with Crippen LogP contribution in [0.15, 0.2) is 6.20 Å². The predicted molar refractivity (Wildman–Crippen MR) is 38.2 cm³/mol. The lowest BCUT2D eigenvalue weighted by Gasteiger charge is -1.94. The Hall–Kier alpha value is -1.91. The van der Waals surface area contributed by atoms with E-state index in [2.05, 4.69) is 9.97 Å². The number of aldehydes is 3. The zero-order valence-corrected chi connectivity index (χ0v) is 5.93. The van der Waals surface area contributed by atoms with E-state index in [9.17, 15) is 14.4 Å². The van der Waals surface area contributed by atoms with Gasteiger partial charge in [0.2, 0.25) is 0 Å². The smallest absolute Gasteiger partial charge is 0.170 e. The normalized spacial score (nSPS) is 9.00. The van der Waals surface area contributed by atoms with Crippen molar-refractivity contribution >= 4 is 18.9 Å². The van der Waals surface area contributed by atoms with Crippen molar-refractivity contribution in [1.29, 1.82) is 0 Å². The van der Waals surface area contributed by atoms with E-state index in [-0.39, 0.29) is 17.1 Å². The number of rotatable bonds is 3. The monoisotopic (exact) mass is 164 g/mol. The summed E-state index contributed by atoms with van der Waals surface area (Å²) < 4.78 is 0. The number of hydrogen-bond acceptors (Lipinski definition) is 5. The lowest BCUT2D eigenvalue weighted by Crippen LogP contribution is -2.01. The van der Waals surface area contributed by atoms with Crippen molar-refractivity contribution < 1.29 is 14.4 Å². The third-order valence-corrected chi connectivity index (χ3v) is 1.19. The first-order chi connectivity index (χ1) is 5.81. The Labute approximate surface area is 67.5 Å². The highest BCUT2D eigenvalue weighted by Gasteiger charge is 2.04. The van der Waals surface area contributed by atoms with Crippen LogP contribution in [0.2, 0.25) is 0 Å². The van der Waals surface area contributed by atoms with Gasteiger partial charge in [0.05, 0.1) is 6.20 Å². The van der Waals surface area contributed by atoms with Crippen molar-refractivity contribution in [3.05, 3.63) is 23.3 Å². The fraction of sp³-hybridized carbons (Fsp3) is 0. The molecule has 0 radical (unpaired) electrons. The quantitative estimate of drug-likeness (QED) is 0.583. The topological polar surface area (TPSA) is 77.0 Å². The van der Waals surface area contributed by atoms with Crippen LogP contribution >= 0.6 is 0 Å². The Balaban J connectivity index is 3.27. The number of hydrogen-bond donors (Lipinski definition) is 0. The Morgan fingerprint density at radius 1 is 1.00 bits per heavy atom. The van der Waals surface area contributed by atoms with Gasteiger partial charge in [0.15, 0.2) is 18.9 Å². The Bertz CT molecular complexity index is 335. The molecular formula is C7H4N2O3. The molecule has 0 unspecified atom stereocenters. The molecule has 1 heterocycles. The van der Waals surface area contributed by atoms with Crippen LogP contribution in [0, 0.1) is 0 Å². The Morgan fingerprint density at radius 2 is 1.67 bits per heavy atom. The van der Waals surface area contributed by atoms with Gasteiger partial charge in [-0.05, 0) is 0 Å². The standard InChI is InChI=1S/C7H4N2O3/c10-2-5-1-8-6(3-11)7(4-12)9-5/h1-4H. The van der Waals surface area contributed by atoms with E-state index in [1.54, 1.807) is 0 Å². The minimum Gasteiger partial charge on any atom is -0.296 e. The summed E-state index contributed by atoms with van der Waals surface area (Å²) in [6.07, 6.45) is 2.37. The molecule has 0 aliphatic carbocycles. The molecule has 0 aromatic carbocycles. The van der Waals surface area contributed by atoms with Crippen LogP contribution in [0.4, 0.5) is 0 Å². The van der Waals surface area contributed by atoms with Gasteiger partial charge in [-0.25, -0.2) is 9.97 Å². The van der Waals surface area contributed by atoms with Crippen molar-refractivity contribution in [2.75, 3.05) is 0 Å². The molecule has 5 heteroatoms. The number of aromatic nitrogens is 2. The molecule has 0 bridgehead atoms. The van der Waals surface area contributed by atoms with Gasteiger partial charge < -0.3 is 0 Å². The van der Waals surface area contributed by atoms with Crippen LogP contribution in [0.1, 0.15) is 31.5 Å². The van der Waals surface area contributed by atoms with Gasteiger partial charge in [0, 0.05) is 0 Å². The zero-order chi connectivity index (χ0) is 8.97. The summed E-state index contributed by atoms with van der Waals surface area (Å²) in [5.74, 6) is 0. The average Bonchev–Trinajstić information content (AvgIpc) is 2.16. The van der Waals surface area contributed by atoms with E-state index >= 15 is 0 Å². The molecule has 12 heavy (non-hydrogen) atoms. The van der Waals surface area contributed by atoms with Crippen LogP contribution in [0.3, 0.4) is 0 Å². The molecule has 0 amide bonds. The maximum absolute atomic E-state index is 10.3. The molecule has 1 rings (SSSR count). The Morgan fingerprint density at radius 3 is 2.17 bits per heavy atom. The lowest BCUT2D eigenvalue weighted by atomic mass is 10.3. The van der Waals surface area contributed by atoms with Gasteiger partial charge in [0.1, 0.15) is 17.1 Å². The van der Waals surface area contributed by atoms with Gasteiger partial charge in [-0.1, -0.05) is 0 Å². The minimum absolute atomic E-state index is 0.0303. The molecule has 0 fully saturated rings. The molecule has 0 spiro atoms. The van der Waals surface area contributed by atoms with E-state index in [0.717, 1.165) is 6.20 Å². The van der Waals surface area contributed by atoms with Crippen molar-refractivity contribution in [2.45, 2.75) is 0 Å². The van der Waals surface area contributed by atoms with E-state index in [1.165, 1.54) is 0 Å². The third-order valence-electron chi connectivity index (χ3n) is 1.19. The summed E-state index contributed by atoms with van der Waals surface area (Å²) in [5.41, 5.74) is -0.145. The Kier molecular flexibility index (Phi) is 2.37. The van der Waals surface area contributed by atoms with Crippen molar-refractivity contribution in [2.24, 2.45) is 0 Å². The molecule has 1 aromatic rings. The maximum Gasteiger partial charge on any atom is 0.170 e. The molecular weight excluding hydrogens is 160 g/mol. The van der Waals surface area contributed by atoms with Crippen LogP contribution in [-0.2, 0) is 0 Å². The second-order valence-electron chi connectivity index (χ2n) is 1.92. The van der Waals surface area contributed by atoms with E-state index in [4.69, 9.17) is 0 Å². The first-order valence-corrected chi connectivity index (χ1v) is 3.04. The molecule has 60 valence electrons. The van der Waals surface area contributed by atoms with E-state index in [0.29, 0.717) is 18.9 Å². The lowest BCUT2D eigenvalue weighted by molar-refractivity contribution is 0.108. The molecule has 5 nitrogen and oxygen atoms in total.